The van der Waals surface area contributed by atoms with Gasteiger partial charge in [0.1, 0.15) is 24.2 Å². The second-order valence-electron chi connectivity index (χ2n) is 8.52. The van der Waals surface area contributed by atoms with Crippen molar-refractivity contribution >= 4 is 20.3 Å². The molecule has 202 valence electrons. The second-order valence-corrected chi connectivity index (χ2v) is 9.73. The van der Waals surface area contributed by atoms with Gasteiger partial charge in [-0.1, -0.05) is 48.5 Å². The molecule has 1 aliphatic rings. The fourth-order valence-electron chi connectivity index (χ4n) is 3.59. The van der Waals surface area contributed by atoms with Crippen LogP contribution in [-0.4, -0.2) is 40.2 Å². The van der Waals surface area contributed by atoms with Crippen LogP contribution in [0.5, 0.6) is 5.75 Å². The number of halogens is 2. The Morgan fingerprint density at radius 2 is 1.89 bits per heavy atom. The van der Waals surface area contributed by atoms with E-state index in [1.54, 1.807) is 37.3 Å². The van der Waals surface area contributed by atoms with Gasteiger partial charge < -0.3 is 24.3 Å². The average Bonchev–Trinajstić information content (AvgIpc) is 3.20. The number of esters is 1. The molecule has 0 saturated carbocycles. The minimum atomic E-state index is -3.36. The first-order valence-electron chi connectivity index (χ1n) is 11.7. The summed E-state index contributed by atoms with van der Waals surface area (Å²) in [6.07, 6.45) is -2.51. The zero-order chi connectivity index (χ0) is 27.1. The van der Waals surface area contributed by atoms with E-state index in [-0.39, 0.29) is 19.0 Å². The number of carbonyl (C=O) groups excluding carboxylic acids is 1. The lowest BCUT2D eigenvalue weighted by atomic mass is 10.2. The third-order valence-electron chi connectivity index (χ3n) is 5.47. The third-order valence-corrected chi connectivity index (χ3v) is 6.83. The van der Waals surface area contributed by atoms with Gasteiger partial charge in [-0.05, 0) is 30.7 Å². The number of benzene rings is 2. The van der Waals surface area contributed by atoms with Crippen LogP contribution in [-0.2, 0) is 25.4 Å². The molecule has 1 fully saturated rings. The highest BCUT2D eigenvalue weighted by Gasteiger charge is 2.52. The van der Waals surface area contributed by atoms with Crippen LogP contribution >= 0.6 is 8.53 Å². The number of carbonyl (C=O) groups is 1. The lowest BCUT2D eigenvalue weighted by Crippen LogP contribution is -2.35. The van der Waals surface area contributed by atoms with E-state index in [0.29, 0.717) is 10.3 Å². The van der Waals surface area contributed by atoms with Gasteiger partial charge in [-0.15, -0.1) is 0 Å². The second kappa shape index (κ2) is 12.4. The largest absolute Gasteiger partial charge is 0.460 e. The number of nitrogen functional groups attached to an aromatic ring is 1. The van der Waals surface area contributed by atoms with E-state index in [9.17, 15) is 18.4 Å². The third kappa shape index (κ3) is 7.32. The smallest absolute Gasteiger partial charge is 0.351 e. The highest BCUT2D eigenvalue weighted by atomic mass is 31.2. The molecule has 0 amide bonds. The van der Waals surface area contributed by atoms with Gasteiger partial charge in [-0.25, -0.2) is 18.7 Å². The van der Waals surface area contributed by atoms with Gasteiger partial charge in [0, 0.05) is 12.6 Å². The summed E-state index contributed by atoms with van der Waals surface area (Å²) in [5.74, 6) is -3.54. The normalized spacial score (nSPS) is 20.0. The first-order chi connectivity index (χ1) is 18.2. The predicted octanol–water partition coefficient (Wildman–Crippen LogP) is 3.79. The molecule has 10 nitrogen and oxygen atoms in total. The van der Waals surface area contributed by atoms with Crippen LogP contribution < -0.4 is 21.0 Å². The molecule has 2 aromatic carbocycles. The average molecular weight is 548 g/mol. The Labute approximate surface area is 218 Å². The standard InChI is InChI=1S/C25H27F2N4O6P/c1-17(22(32)34-15-18-8-4-2-5-9-18)30-38(37-19-10-6-3-7-11-19)35-16-20-14-25(26,27)23(36-20)31-13-12-21(28)29-24(31)33/h2-13,17,20,23,30H,14-16H2,1H3,(H2,28,29,33). The maximum atomic E-state index is 14.7. The summed E-state index contributed by atoms with van der Waals surface area (Å²) >= 11 is 0. The van der Waals surface area contributed by atoms with E-state index in [2.05, 4.69) is 10.1 Å². The molecule has 0 radical (unpaired) electrons. The van der Waals surface area contributed by atoms with E-state index in [1.165, 1.54) is 6.07 Å². The van der Waals surface area contributed by atoms with Crippen molar-refractivity contribution in [3.63, 3.8) is 0 Å². The Balaban J connectivity index is 1.38. The van der Waals surface area contributed by atoms with Gasteiger partial charge in [-0.2, -0.15) is 4.98 Å². The number of aromatic nitrogens is 2. The van der Waals surface area contributed by atoms with Crippen molar-refractivity contribution in [3.8, 4) is 5.75 Å². The summed E-state index contributed by atoms with van der Waals surface area (Å²) in [4.78, 5) is 28.1. The fraction of sp³-hybridized carbons (Fsp3) is 0.320. The van der Waals surface area contributed by atoms with Crippen LogP contribution in [0.1, 0.15) is 25.1 Å². The monoisotopic (exact) mass is 548 g/mol. The first kappa shape index (κ1) is 27.6. The maximum Gasteiger partial charge on any atom is 0.351 e. The van der Waals surface area contributed by atoms with Crippen molar-refractivity contribution in [3.05, 3.63) is 89.0 Å². The Kier molecular flexibility index (Phi) is 9.01. The highest BCUT2D eigenvalue weighted by Crippen LogP contribution is 2.44. The van der Waals surface area contributed by atoms with Gasteiger partial charge in [0.2, 0.25) is 6.23 Å². The molecule has 1 aromatic heterocycles. The lowest BCUT2D eigenvalue weighted by Gasteiger charge is -2.23. The van der Waals surface area contributed by atoms with Crippen LogP contribution in [0.25, 0.3) is 0 Å². The molecule has 3 aromatic rings. The number of anilines is 1. The summed E-state index contributed by atoms with van der Waals surface area (Å²) in [6.45, 7) is 1.38. The summed E-state index contributed by atoms with van der Waals surface area (Å²) < 4.78 is 52.6. The molecule has 3 N–H and O–H groups in total. The van der Waals surface area contributed by atoms with Crippen molar-refractivity contribution in [1.29, 1.82) is 0 Å². The van der Waals surface area contributed by atoms with E-state index < -0.39 is 50.9 Å². The number of alkyl halides is 2. The van der Waals surface area contributed by atoms with Crippen LogP contribution in [0.3, 0.4) is 0 Å². The Hall–Kier alpha value is -3.44. The number of hydrogen-bond donors (Lipinski definition) is 2. The first-order valence-corrected chi connectivity index (χ1v) is 12.9. The topological polar surface area (TPSA) is 127 Å². The van der Waals surface area contributed by atoms with Crippen LogP contribution in [0.2, 0.25) is 0 Å². The van der Waals surface area contributed by atoms with Gasteiger partial charge >= 0.3 is 20.2 Å². The summed E-state index contributed by atoms with van der Waals surface area (Å²) in [6, 6.07) is 18.3. The zero-order valence-corrected chi connectivity index (χ0v) is 21.3. The van der Waals surface area contributed by atoms with Gasteiger partial charge in [0.25, 0.3) is 5.92 Å². The van der Waals surface area contributed by atoms with Crippen molar-refractivity contribution < 1.29 is 32.1 Å². The molecular weight excluding hydrogens is 521 g/mol. The molecule has 1 aliphatic heterocycles. The van der Waals surface area contributed by atoms with Crippen LogP contribution in [0, 0.1) is 0 Å². The molecule has 2 heterocycles. The SMILES string of the molecule is CC(NP(OCC1CC(F)(F)C(n2ccc(N)nc2=O)O1)Oc1ccccc1)C(=O)OCc1ccccc1. The van der Waals surface area contributed by atoms with Crippen LogP contribution in [0.15, 0.2) is 77.7 Å². The molecule has 1 saturated heterocycles. The minimum absolute atomic E-state index is 0.0846. The number of para-hydroxylation sites is 1. The van der Waals surface area contributed by atoms with E-state index in [0.717, 1.165) is 11.8 Å². The van der Waals surface area contributed by atoms with Gasteiger partial charge in [0.15, 0.2) is 0 Å². The number of ether oxygens (including phenoxy) is 2. The van der Waals surface area contributed by atoms with E-state index >= 15 is 0 Å². The lowest BCUT2D eigenvalue weighted by molar-refractivity contribution is -0.146. The molecule has 0 bridgehead atoms. The molecule has 13 heteroatoms. The van der Waals surface area contributed by atoms with Gasteiger partial charge in [0.05, 0.1) is 12.7 Å². The molecule has 38 heavy (non-hydrogen) atoms. The van der Waals surface area contributed by atoms with Gasteiger partial charge in [-0.3, -0.25) is 9.36 Å². The molecule has 0 aliphatic carbocycles. The quantitative estimate of drug-likeness (QED) is 0.272. The van der Waals surface area contributed by atoms with Crippen LogP contribution in [0.4, 0.5) is 14.6 Å². The van der Waals surface area contributed by atoms with Crippen molar-refractivity contribution in [2.24, 2.45) is 0 Å². The van der Waals surface area contributed by atoms with Crippen molar-refractivity contribution in [2.75, 3.05) is 12.3 Å². The number of nitrogens with zero attached hydrogens (tertiary/aromatic N) is 2. The minimum Gasteiger partial charge on any atom is -0.460 e. The highest BCUT2D eigenvalue weighted by molar-refractivity contribution is 7.45. The number of hydrogen-bond acceptors (Lipinski definition) is 9. The van der Waals surface area contributed by atoms with E-state index in [1.807, 2.05) is 30.3 Å². The molecular formula is C25H27F2N4O6P. The summed E-state index contributed by atoms with van der Waals surface area (Å²) in [7, 11) is -1.97. The fourth-order valence-corrected chi connectivity index (χ4v) is 4.80. The number of rotatable bonds is 11. The zero-order valence-electron chi connectivity index (χ0n) is 20.4. The predicted molar refractivity (Wildman–Crippen MR) is 135 cm³/mol. The Morgan fingerprint density at radius 1 is 1.21 bits per heavy atom. The number of nitrogens with one attached hydrogen (secondary N) is 1. The number of nitrogens with two attached hydrogens (primary N) is 1. The molecule has 0 spiro atoms. The van der Waals surface area contributed by atoms with Crippen molar-refractivity contribution in [1.82, 2.24) is 14.6 Å². The summed E-state index contributed by atoms with van der Waals surface area (Å²) in [5.41, 5.74) is 5.33. The molecule has 4 unspecified atom stereocenters. The maximum absolute atomic E-state index is 14.7. The summed E-state index contributed by atoms with van der Waals surface area (Å²) in [5, 5.41) is 2.93. The Bertz CT molecular complexity index is 1270. The molecule has 4 rings (SSSR count). The molecule has 4 atom stereocenters. The van der Waals surface area contributed by atoms with Crippen molar-refractivity contribution in [2.45, 2.75) is 44.2 Å². The van der Waals surface area contributed by atoms with E-state index in [4.69, 9.17) is 24.3 Å². The Morgan fingerprint density at radius 3 is 2.58 bits per heavy atom.